The van der Waals surface area contributed by atoms with E-state index in [-0.39, 0.29) is 16.3 Å². The number of amides is 1. The van der Waals surface area contributed by atoms with Crippen LogP contribution in [0.15, 0.2) is 72.8 Å². The van der Waals surface area contributed by atoms with Crippen molar-refractivity contribution in [1.82, 2.24) is 0 Å². The molecule has 0 radical (unpaired) electrons. The molecule has 3 rings (SSSR count). The quantitative estimate of drug-likeness (QED) is 0.407. The lowest BCUT2D eigenvalue weighted by atomic mass is 10.2. The number of anilines is 1. The van der Waals surface area contributed by atoms with Crippen LogP contribution < -0.4 is 14.8 Å². The number of para-hydroxylation sites is 2. The molecule has 0 bridgehead atoms. The fourth-order valence-corrected chi connectivity index (χ4v) is 2.92. The maximum Gasteiger partial charge on any atom is 0.352 e. The van der Waals surface area contributed by atoms with Gasteiger partial charge < -0.3 is 14.8 Å². The zero-order chi connectivity index (χ0) is 20.8. The Balaban J connectivity index is 1.71. The summed E-state index contributed by atoms with van der Waals surface area (Å²) in [7, 11) is 0. The number of rotatable bonds is 6. The third-order valence-corrected chi connectivity index (χ3v) is 4.43. The number of carbonyl (C=O) groups excluding carboxylic acids is 2. The normalized spacial score (nSPS) is 11.4. The van der Waals surface area contributed by atoms with Crippen LogP contribution in [-0.2, 0) is 4.79 Å². The molecule has 7 heteroatoms. The van der Waals surface area contributed by atoms with E-state index in [1.165, 1.54) is 13.0 Å². The zero-order valence-corrected chi connectivity index (χ0v) is 16.9. The van der Waals surface area contributed by atoms with Crippen LogP contribution in [-0.4, -0.2) is 18.0 Å². The number of esters is 1. The fourth-order valence-electron chi connectivity index (χ4n) is 2.46. The highest BCUT2D eigenvalue weighted by Gasteiger charge is 2.21. The van der Waals surface area contributed by atoms with Gasteiger partial charge in [0.15, 0.2) is 6.10 Å². The highest BCUT2D eigenvalue weighted by atomic mass is 35.5. The topological polar surface area (TPSA) is 64.6 Å². The van der Waals surface area contributed by atoms with Gasteiger partial charge in [0.25, 0.3) is 5.91 Å². The van der Waals surface area contributed by atoms with Gasteiger partial charge >= 0.3 is 5.97 Å². The Morgan fingerprint density at radius 3 is 2.31 bits per heavy atom. The van der Waals surface area contributed by atoms with Crippen molar-refractivity contribution in [2.45, 2.75) is 13.0 Å². The number of hydrogen-bond donors (Lipinski definition) is 1. The molecule has 3 aromatic carbocycles. The first-order valence-corrected chi connectivity index (χ1v) is 9.48. The lowest BCUT2D eigenvalue weighted by Crippen LogP contribution is -2.29. The lowest BCUT2D eigenvalue weighted by Gasteiger charge is -2.16. The van der Waals surface area contributed by atoms with Gasteiger partial charge in [-0.25, -0.2) is 4.79 Å². The van der Waals surface area contributed by atoms with Crippen LogP contribution in [0.2, 0.25) is 10.0 Å². The molecule has 0 heterocycles. The molecule has 29 heavy (non-hydrogen) atoms. The molecule has 1 amide bonds. The number of nitrogens with one attached hydrogen (secondary N) is 1. The van der Waals surface area contributed by atoms with Gasteiger partial charge in [-0.2, -0.15) is 0 Å². The van der Waals surface area contributed by atoms with Gasteiger partial charge in [-0.05, 0) is 49.4 Å². The second-order valence-corrected chi connectivity index (χ2v) is 6.92. The highest BCUT2D eigenvalue weighted by Crippen LogP contribution is 2.29. The Hall–Kier alpha value is -3.02. The molecule has 0 saturated heterocycles. The van der Waals surface area contributed by atoms with Gasteiger partial charge in [-0.3, -0.25) is 4.79 Å². The average Bonchev–Trinajstić information content (AvgIpc) is 2.71. The third kappa shape index (κ3) is 5.50. The maximum absolute atomic E-state index is 12.6. The van der Waals surface area contributed by atoms with E-state index in [4.69, 9.17) is 32.7 Å². The van der Waals surface area contributed by atoms with Gasteiger partial charge in [-0.15, -0.1) is 0 Å². The Bertz CT molecular complexity index is 1020. The van der Waals surface area contributed by atoms with Crippen molar-refractivity contribution in [2.24, 2.45) is 0 Å². The molecule has 1 atom stereocenters. The summed E-state index contributed by atoms with van der Waals surface area (Å²) < 4.78 is 11.0. The first-order chi connectivity index (χ1) is 13.9. The molecule has 0 fully saturated rings. The molecular weight excluding hydrogens is 413 g/mol. The van der Waals surface area contributed by atoms with E-state index in [0.717, 1.165) is 0 Å². The van der Waals surface area contributed by atoms with Crippen LogP contribution in [0, 0.1) is 0 Å². The van der Waals surface area contributed by atoms with Crippen LogP contribution in [0.1, 0.15) is 17.3 Å². The number of hydrogen-bond acceptors (Lipinski definition) is 4. The predicted octanol–water partition coefficient (Wildman–Crippen LogP) is 5.62. The van der Waals surface area contributed by atoms with E-state index in [0.29, 0.717) is 16.5 Å². The summed E-state index contributed by atoms with van der Waals surface area (Å²) in [6.07, 6.45) is -0.959. The monoisotopic (exact) mass is 429 g/mol. The molecular formula is C22H17Cl2NO4. The average molecular weight is 430 g/mol. The Kier molecular flexibility index (Phi) is 6.75. The standard InChI is InChI=1S/C22H17Cl2NO4/c1-14(28-20-12-11-15(23)13-18(20)24)22(27)29-19-10-6-5-9-17(19)21(26)25-16-7-3-2-4-8-16/h2-14H,1H3,(H,25,26). The molecule has 0 saturated carbocycles. The summed E-state index contributed by atoms with van der Waals surface area (Å²) in [6.45, 7) is 1.53. The minimum Gasteiger partial charge on any atom is -0.477 e. The second kappa shape index (κ2) is 9.45. The van der Waals surface area contributed by atoms with E-state index in [2.05, 4.69) is 5.32 Å². The fraction of sp³-hybridized carbons (Fsp3) is 0.0909. The zero-order valence-electron chi connectivity index (χ0n) is 15.4. The van der Waals surface area contributed by atoms with E-state index < -0.39 is 18.0 Å². The number of halogens is 2. The van der Waals surface area contributed by atoms with Crippen LogP contribution in [0.4, 0.5) is 5.69 Å². The van der Waals surface area contributed by atoms with E-state index >= 15 is 0 Å². The number of ether oxygens (including phenoxy) is 2. The van der Waals surface area contributed by atoms with E-state index in [1.807, 2.05) is 18.2 Å². The number of benzene rings is 3. The summed E-state index contributed by atoms with van der Waals surface area (Å²) in [5.41, 5.74) is 0.856. The minimum absolute atomic E-state index is 0.128. The van der Waals surface area contributed by atoms with E-state index in [9.17, 15) is 9.59 Å². The van der Waals surface area contributed by atoms with Gasteiger partial charge in [-0.1, -0.05) is 53.5 Å². The summed E-state index contributed by atoms with van der Waals surface area (Å²) in [6, 6.07) is 20.1. The highest BCUT2D eigenvalue weighted by molar-refractivity contribution is 6.35. The van der Waals surface area contributed by atoms with Crippen LogP contribution in [0.25, 0.3) is 0 Å². The van der Waals surface area contributed by atoms with Crippen molar-refractivity contribution in [3.05, 3.63) is 88.4 Å². The SMILES string of the molecule is CC(Oc1ccc(Cl)cc1Cl)C(=O)Oc1ccccc1C(=O)Nc1ccccc1. The number of carbonyl (C=O) groups is 2. The molecule has 148 valence electrons. The largest absolute Gasteiger partial charge is 0.477 e. The summed E-state index contributed by atoms with van der Waals surface area (Å²) in [5.74, 6) is -0.635. The van der Waals surface area contributed by atoms with Gasteiger partial charge in [0.05, 0.1) is 10.6 Å². The summed E-state index contributed by atoms with van der Waals surface area (Å²) in [4.78, 5) is 25.1. The molecule has 3 aromatic rings. The van der Waals surface area contributed by atoms with Crippen LogP contribution in [0.3, 0.4) is 0 Å². The Morgan fingerprint density at radius 1 is 0.897 bits per heavy atom. The molecule has 0 spiro atoms. The Morgan fingerprint density at radius 2 is 1.59 bits per heavy atom. The molecule has 1 unspecified atom stereocenters. The van der Waals surface area contributed by atoms with Crippen molar-refractivity contribution in [3.63, 3.8) is 0 Å². The van der Waals surface area contributed by atoms with Crippen molar-refractivity contribution in [3.8, 4) is 11.5 Å². The maximum atomic E-state index is 12.6. The molecule has 0 aliphatic carbocycles. The lowest BCUT2D eigenvalue weighted by molar-refractivity contribution is -0.141. The Labute approximate surface area is 178 Å². The molecule has 0 aliphatic heterocycles. The molecule has 0 aliphatic rings. The second-order valence-electron chi connectivity index (χ2n) is 6.07. The minimum atomic E-state index is -0.959. The van der Waals surface area contributed by atoms with Gasteiger partial charge in [0, 0.05) is 10.7 Å². The van der Waals surface area contributed by atoms with Crippen LogP contribution in [0.5, 0.6) is 11.5 Å². The third-order valence-electron chi connectivity index (χ3n) is 3.90. The van der Waals surface area contributed by atoms with Gasteiger partial charge in [0.1, 0.15) is 11.5 Å². The molecule has 5 nitrogen and oxygen atoms in total. The predicted molar refractivity (Wildman–Crippen MR) is 113 cm³/mol. The molecule has 1 N–H and O–H groups in total. The van der Waals surface area contributed by atoms with Crippen LogP contribution >= 0.6 is 23.2 Å². The first kappa shape index (κ1) is 20.7. The van der Waals surface area contributed by atoms with Gasteiger partial charge in [0.2, 0.25) is 0 Å². The smallest absolute Gasteiger partial charge is 0.352 e. The summed E-state index contributed by atoms with van der Waals surface area (Å²) >= 11 is 11.9. The van der Waals surface area contributed by atoms with E-state index in [1.54, 1.807) is 48.5 Å². The van der Waals surface area contributed by atoms with Crippen molar-refractivity contribution >= 4 is 40.8 Å². The first-order valence-electron chi connectivity index (χ1n) is 8.73. The summed E-state index contributed by atoms with van der Waals surface area (Å²) in [5, 5.41) is 3.49. The van der Waals surface area contributed by atoms with Crippen molar-refractivity contribution in [2.75, 3.05) is 5.32 Å². The van der Waals surface area contributed by atoms with Crippen molar-refractivity contribution in [1.29, 1.82) is 0 Å². The van der Waals surface area contributed by atoms with Crippen molar-refractivity contribution < 1.29 is 19.1 Å². The molecule has 0 aromatic heterocycles.